The molecular formula is C28H32FN3O3. The molecule has 184 valence electrons. The highest BCUT2D eigenvalue weighted by Crippen LogP contribution is 2.33. The van der Waals surface area contributed by atoms with E-state index in [4.69, 9.17) is 4.74 Å². The highest BCUT2D eigenvalue weighted by molar-refractivity contribution is 5.85. The molecule has 2 fully saturated rings. The number of hydrogen-bond donors (Lipinski definition) is 0. The Kier molecular flexibility index (Phi) is 6.50. The van der Waals surface area contributed by atoms with Crippen molar-refractivity contribution in [3.8, 4) is 5.75 Å². The first-order chi connectivity index (χ1) is 16.9. The van der Waals surface area contributed by atoms with Crippen LogP contribution in [-0.4, -0.2) is 48.2 Å². The Hall–Kier alpha value is -3.35. The third-order valence-electron chi connectivity index (χ3n) is 7.06. The van der Waals surface area contributed by atoms with E-state index in [1.165, 1.54) is 25.0 Å². The molecule has 1 amide bonds. The number of hydrogen-bond acceptors (Lipinski definition) is 4. The quantitative estimate of drug-likeness (QED) is 0.506. The molecule has 1 aliphatic heterocycles. The van der Waals surface area contributed by atoms with E-state index in [0.29, 0.717) is 37.8 Å². The topological polar surface area (TPSA) is 54.8 Å². The van der Waals surface area contributed by atoms with Crippen LogP contribution in [0.2, 0.25) is 0 Å². The number of halogens is 1. The first-order valence-corrected chi connectivity index (χ1v) is 12.5. The summed E-state index contributed by atoms with van der Waals surface area (Å²) < 4.78 is 21.0. The molecule has 2 aliphatic rings. The summed E-state index contributed by atoms with van der Waals surface area (Å²) in [6.45, 7) is 7.45. The van der Waals surface area contributed by atoms with Crippen molar-refractivity contribution in [3.05, 3.63) is 70.3 Å². The van der Waals surface area contributed by atoms with Crippen LogP contribution in [0.15, 0.2) is 53.3 Å². The Labute approximate surface area is 204 Å². The van der Waals surface area contributed by atoms with Gasteiger partial charge in [-0.3, -0.25) is 9.59 Å². The molecule has 1 aliphatic carbocycles. The molecule has 3 aromatic rings. The number of amides is 1. The lowest BCUT2D eigenvalue weighted by molar-refractivity contribution is -0.133. The van der Waals surface area contributed by atoms with Crippen molar-refractivity contribution in [2.24, 2.45) is 5.92 Å². The van der Waals surface area contributed by atoms with Crippen molar-refractivity contribution >= 4 is 22.5 Å². The van der Waals surface area contributed by atoms with Crippen LogP contribution in [0.3, 0.4) is 0 Å². The Balaban J connectivity index is 1.26. The number of anilines is 1. The standard InChI is InChI=1S/C28H32FN3O3/c1-19(2)25-16-27(33)32(17-20-3-4-20)26-15-23(9-10-24(25)26)35-18-28(34)31-13-11-30(12-14-31)22-7-5-21(29)6-8-22/h5-10,15-16,19-20H,3-4,11-14,17-18H2,1-2H3. The Morgan fingerprint density at radius 2 is 1.74 bits per heavy atom. The van der Waals surface area contributed by atoms with Gasteiger partial charge in [0, 0.05) is 55.9 Å². The third kappa shape index (κ3) is 5.19. The van der Waals surface area contributed by atoms with Gasteiger partial charge < -0.3 is 19.1 Å². The van der Waals surface area contributed by atoms with Crippen molar-refractivity contribution in [1.82, 2.24) is 9.47 Å². The highest BCUT2D eigenvalue weighted by Gasteiger charge is 2.24. The summed E-state index contributed by atoms with van der Waals surface area (Å²) in [6, 6.07) is 14.0. The second-order valence-electron chi connectivity index (χ2n) is 9.96. The maximum absolute atomic E-state index is 13.2. The molecule has 0 N–H and O–H groups in total. The second-order valence-corrected chi connectivity index (χ2v) is 9.96. The zero-order valence-corrected chi connectivity index (χ0v) is 20.4. The number of rotatable bonds is 7. The molecule has 1 saturated carbocycles. The lowest BCUT2D eigenvalue weighted by Crippen LogP contribution is -2.50. The number of benzene rings is 2. The lowest BCUT2D eigenvalue weighted by atomic mass is 9.98. The van der Waals surface area contributed by atoms with Gasteiger partial charge in [0.2, 0.25) is 0 Å². The van der Waals surface area contributed by atoms with E-state index in [1.807, 2.05) is 22.8 Å². The molecule has 6 nitrogen and oxygen atoms in total. The minimum Gasteiger partial charge on any atom is -0.484 e. The molecule has 35 heavy (non-hydrogen) atoms. The fraction of sp³-hybridized carbons (Fsp3) is 0.429. The summed E-state index contributed by atoms with van der Waals surface area (Å²) in [7, 11) is 0. The minimum absolute atomic E-state index is 0.0281. The van der Waals surface area contributed by atoms with E-state index in [1.54, 1.807) is 23.1 Å². The highest BCUT2D eigenvalue weighted by atomic mass is 19.1. The van der Waals surface area contributed by atoms with Gasteiger partial charge >= 0.3 is 0 Å². The van der Waals surface area contributed by atoms with E-state index in [-0.39, 0.29) is 29.8 Å². The molecule has 2 heterocycles. The fourth-order valence-electron chi connectivity index (χ4n) is 4.80. The van der Waals surface area contributed by atoms with Crippen LogP contribution in [0, 0.1) is 11.7 Å². The predicted molar refractivity (Wildman–Crippen MR) is 136 cm³/mol. The molecule has 0 spiro atoms. The molecule has 0 bridgehead atoms. The first-order valence-electron chi connectivity index (χ1n) is 12.5. The number of nitrogens with zero attached hydrogens (tertiary/aromatic N) is 3. The molecule has 0 unspecified atom stereocenters. The van der Waals surface area contributed by atoms with Crippen LogP contribution >= 0.6 is 0 Å². The molecule has 5 rings (SSSR count). The monoisotopic (exact) mass is 477 g/mol. The normalized spacial score (nSPS) is 16.2. The number of carbonyl (C=O) groups excluding carboxylic acids is 1. The average molecular weight is 478 g/mol. The van der Waals surface area contributed by atoms with E-state index in [0.717, 1.165) is 28.7 Å². The Morgan fingerprint density at radius 1 is 1.03 bits per heavy atom. The van der Waals surface area contributed by atoms with E-state index in [9.17, 15) is 14.0 Å². The number of fused-ring (bicyclic) bond motifs is 1. The van der Waals surface area contributed by atoms with Crippen molar-refractivity contribution in [2.45, 2.75) is 39.2 Å². The van der Waals surface area contributed by atoms with Crippen LogP contribution in [-0.2, 0) is 11.3 Å². The van der Waals surface area contributed by atoms with Gasteiger partial charge in [-0.2, -0.15) is 0 Å². The molecule has 7 heteroatoms. The van der Waals surface area contributed by atoms with Gasteiger partial charge in [0.15, 0.2) is 6.61 Å². The maximum atomic E-state index is 13.2. The molecule has 0 atom stereocenters. The summed E-state index contributed by atoms with van der Waals surface area (Å²) in [4.78, 5) is 29.7. The largest absolute Gasteiger partial charge is 0.484 e. The van der Waals surface area contributed by atoms with Gasteiger partial charge in [-0.05, 0) is 66.6 Å². The zero-order chi connectivity index (χ0) is 24.5. The van der Waals surface area contributed by atoms with Gasteiger partial charge in [-0.15, -0.1) is 0 Å². The maximum Gasteiger partial charge on any atom is 0.260 e. The molecule has 1 aromatic heterocycles. The number of ether oxygens (including phenoxy) is 1. The summed E-state index contributed by atoms with van der Waals surface area (Å²) >= 11 is 0. The van der Waals surface area contributed by atoms with Gasteiger partial charge in [-0.25, -0.2) is 4.39 Å². The molecule has 0 radical (unpaired) electrons. The van der Waals surface area contributed by atoms with Crippen LogP contribution in [0.1, 0.15) is 38.2 Å². The average Bonchev–Trinajstić information content (AvgIpc) is 3.69. The SMILES string of the molecule is CC(C)c1cc(=O)n(CC2CC2)c2cc(OCC(=O)N3CCN(c4ccc(F)cc4)CC3)ccc12. The van der Waals surface area contributed by atoms with Gasteiger partial charge in [0.1, 0.15) is 11.6 Å². The summed E-state index contributed by atoms with van der Waals surface area (Å²) in [5.41, 5.74) is 2.91. The van der Waals surface area contributed by atoms with Gasteiger partial charge in [0.25, 0.3) is 11.5 Å². The van der Waals surface area contributed by atoms with Gasteiger partial charge in [-0.1, -0.05) is 13.8 Å². The van der Waals surface area contributed by atoms with Crippen LogP contribution in [0.5, 0.6) is 5.75 Å². The Morgan fingerprint density at radius 3 is 2.40 bits per heavy atom. The summed E-state index contributed by atoms with van der Waals surface area (Å²) in [6.07, 6.45) is 2.33. The van der Waals surface area contributed by atoms with E-state index in [2.05, 4.69) is 18.7 Å². The number of piperazine rings is 1. The second kappa shape index (κ2) is 9.72. The molecule has 1 saturated heterocycles. The first kappa shape index (κ1) is 23.4. The van der Waals surface area contributed by atoms with Crippen LogP contribution < -0.4 is 15.2 Å². The summed E-state index contributed by atoms with van der Waals surface area (Å²) in [5, 5.41) is 1.07. The van der Waals surface area contributed by atoms with Crippen molar-refractivity contribution in [2.75, 3.05) is 37.7 Å². The Bertz CT molecular complexity index is 1270. The van der Waals surface area contributed by atoms with Crippen molar-refractivity contribution in [3.63, 3.8) is 0 Å². The molecule has 2 aromatic carbocycles. The van der Waals surface area contributed by atoms with Crippen LogP contribution in [0.4, 0.5) is 10.1 Å². The van der Waals surface area contributed by atoms with Crippen LogP contribution in [0.25, 0.3) is 10.9 Å². The summed E-state index contributed by atoms with van der Waals surface area (Å²) in [5.74, 6) is 1.09. The van der Waals surface area contributed by atoms with Crippen molar-refractivity contribution < 1.29 is 13.9 Å². The molecular weight excluding hydrogens is 445 g/mol. The minimum atomic E-state index is -0.252. The van der Waals surface area contributed by atoms with Crippen molar-refractivity contribution in [1.29, 1.82) is 0 Å². The predicted octanol–water partition coefficient (Wildman–Crippen LogP) is 4.40. The van der Waals surface area contributed by atoms with E-state index >= 15 is 0 Å². The number of carbonyl (C=O) groups is 1. The fourth-order valence-corrected chi connectivity index (χ4v) is 4.80. The number of pyridine rings is 1. The smallest absolute Gasteiger partial charge is 0.260 e. The van der Waals surface area contributed by atoms with Gasteiger partial charge in [0.05, 0.1) is 5.52 Å². The number of aromatic nitrogens is 1. The van der Waals surface area contributed by atoms with E-state index < -0.39 is 0 Å². The third-order valence-corrected chi connectivity index (χ3v) is 7.06. The lowest BCUT2D eigenvalue weighted by Gasteiger charge is -2.36. The zero-order valence-electron chi connectivity index (χ0n) is 20.4.